The molecule has 4 rings (SSSR count). The second-order valence-electron chi connectivity index (χ2n) is 10.7. The molecule has 1 aromatic carbocycles. The second kappa shape index (κ2) is 13.5. The summed E-state index contributed by atoms with van der Waals surface area (Å²) in [6, 6.07) is 7.29. The number of aromatic nitrogens is 4. The molecular weight excluding hydrogens is 584 g/mol. The van der Waals surface area contributed by atoms with E-state index in [4.69, 9.17) is 24.6 Å². The Hall–Kier alpha value is -3.36. The summed E-state index contributed by atoms with van der Waals surface area (Å²) in [4.78, 5) is 34.1. The molecule has 2 unspecified atom stereocenters. The molecule has 43 heavy (non-hydrogen) atoms. The molecule has 1 aliphatic heterocycles. The van der Waals surface area contributed by atoms with Gasteiger partial charge in [0.15, 0.2) is 28.9 Å². The van der Waals surface area contributed by atoms with Gasteiger partial charge in [0.25, 0.3) is 8.18 Å². The van der Waals surface area contributed by atoms with E-state index in [1.165, 1.54) is 24.7 Å². The van der Waals surface area contributed by atoms with Crippen molar-refractivity contribution in [2.75, 3.05) is 30.8 Å². The van der Waals surface area contributed by atoms with Gasteiger partial charge in [-0.3, -0.25) is 13.9 Å². The van der Waals surface area contributed by atoms with Gasteiger partial charge in [0.1, 0.15) is 24.0 Å². The molecule has 1 fully saturated rings. The first-order chi connectivity index (χ1) is 20.3. The van der Waals surface area contributed by atoms with E-state index in [1.807, 2.05) is 18.9 Å². The fraction of sp³-hybridized carbons (Fsp3) is 0.556. The van der Waals surface area contributed by atoms with Crippen molar-refractivity contribution in [1.82, 2.24) is 24.4 Å². The van der Waals surface area contributed by atoms with E-state index in [2.05, 4.69) is 15.0 Å². The molecule has 0 bridgehead atoms. The van der Waals surface area contributed by atoms with Crippen LogP contribution in [-0.2, 0) is 23.4 Å². The average molecular weight is 624 g/mol. The summed E-state index contributed by atoms with van der Waals surface area (Å²) in [7, 11) is -1.46. The highest BCUT2D eigenvalue weighted by molar-refractivity contribution is 7.36. The number of carbonyl (C=O) groups excluding carboxylic acids is 1. The molecule has 16 heteroatoms. The minimum absolute atomic E-state index is 0.0339. The van der Waals surface area contributed by atoms with Crippen LogP contribution in [0, 0.1) is 0 Å². The predicted octanol–water partition coefficient (Wildman–Crippen LogP) is 3.28. The number of hydroxylamine groups is 1. The van der Waals surface area contributed by atoms with Crippen LogP contribution < -0.4 is 15.5 Å². The number of esters is 1. The number of anilines is 2. The lowest BCUT2D eigenvalue weighted by Gasteiger charge is -2.27. The van der Waals surface area contributed by atoms with Crippen molar-refractivity contribution >= 4 is 37.1 Å². The van der Waals surface area contributed by atoms with Gasteiger partial charge in [0.2, 0.25) is 5.95 Å². The molecule has 14 nitrogen and oxygen atoms in total. The normalized spacial score (nSPS) is 23.5. The number of benzene rings is 1. The Balaban J connectivity index is 1.54. The van der Waals surface area contributed by atoms with E-state index in [1.54, 1.807) is 44.2 Å². The molecule has 2 aromatic heterocycles. The van der Waals surface area contributed by atoms with Crippen LogP contribution >= 0.6 is 8.18 Å². The summed E-state index contributed by atoms with van der Waals surface area (Å²) < 4.78 is 47.5. The van der Waals surface area contributed by atoms with E-state index < -0.39 is 57.0 Å². The maximum absolute atomic E-state index is 16.1. The SMILES string of the molecule is CCCN(C)c1nc(N)nc2c1ncn2[C@@H]1OC(CO[PH](=O)N(Oc2ccccc2)[C@@H](C)C(=O)OC(C)C)[C@@H](O)[C@@]1(C)F. The van der Waals surface area contributed by atoms with Crippen molar-refractivity contribution in [1.29, 1.82) is 0 Å². The Bertz CT molecular complexity index is 1430. The van der Waals surface area contributed by atoms with E-state index in [9.17, 15) is 14.5 Å². The molecule has 0 amide bonds. The van der Waals surface area contributed by atoms with Crippen molar-refractivity contribution in [3.05, 3.63) is 36.7 Å². The van der Waals surface area contributed by atoms with Gasteiger partial charge in [-0.1, -0.05) is 30.0 Å². The molecule has 0 spiro atoms. The molecule has 3 N–H and O–H groups in total. The lowest BCUT2D eigenvalue weighted by Crippen LogP contribution is -2.41. The van der Waals surface area contributed by atoms with Gasteiger partial charge < -0.3 is 34.6 Å². The molecule has 0 saturated carbocycles. The molecule has 1 saturated heterocycles. The monoisotopic (exact) mass is 623 g/mol. The lowest BCUT2D eigenvalue weighted by molar-refractivity contribution is -0.159. The molecule has 1 aliphatic rings. The topological polar surface area (TPSA) is 167 Å². The maximum Gasteiger partial charge on any atom is 0.327 e. The molecular formula is C27H39FN7O7P. The van der Waals surface area contributed by atoms with Crippen LogP contribution in [0.25, 0.3) is 11.2 Å². The number of imidazole rings is 1. The zero-order valence-electron chi connectivity index (χ0n) is 25.0. The standard InChI is InChI=1S/C27H39FN7O7P/c1-7-13-33(6)22-20-23(32-26(29)31-22)34(15-30-20)25-27(5,28)21(36)19(41-25)14-39-43(38)35(17(4)24(37)40-16(2)3)42-18-11-9-8-10-12-18/h8-12,15-17,19,21,25,36,43H,7,13-14H2,1-6H3,(H2,29,31,32)/t17-,19?,21+,25+,27+/m0/s1. The van der Waals surface area contributed by atoms with Gasteiger partial charge in [0.05, 0.1) is 19.0 Å². The zero-order chi connectivity index (χ0) is 31.5. The predicted molar refractivity (Wildman–Crippen MR) is 157 cm³/mol. The van der Waals surface area contributed by atoms with Crippen LogP contribution in [0.1, 0.15) is 47.3 Å². The average Bonchev–Trinajstić information content (AvgIpc) is 3.47. The third-order valence-corrected chi connectivity index (χ3v) is 8.11. The Morgan fingerprint density at radius 3 is 2.63 bits per heavy atom. The van der Waals surface area contributed by atoms with Crippen LogP contribution in [0.4, 0.5) is 16.2 Å². The number of ether oxygens (including phenoxy) is 2. The van der Waals surface area contributed by atoms with Crippen LogP contribution in [0.5, 0.6) is 5.75 Å². The van der Waals surface area contributed by atoms with Gasteiger partial charge in [-0.05, 0) is 46.2 Å². The van der Waals surface area contributed by atoms with E-state index in [-0.39, 0.29) is 11.6 Å². The molecule has 0 radical (unpaired) electrons. The first kappa shape index (κ1) is 32.6. The Labute approximate surface area is 249 Å². The number of aliphatic hydroxyl groups is 1. The molecule has 6 atom stereocenters. The summed E-state index contributed by atoms with van der Waals surface area (Å²) in [5.74, 6) is 0.0655. The van der Waals surface area contributed by atoms with Gasteiger partial charge in [-0.2, -0.15) is 9.97 Å². The van der Waals surface area contributed by atoms with Crippen LogP contribution in [-0.4, -0.2) is 85.7 Å². The van der Waals surface area contributed by atoms with E-state index >= 15 is 4.39 Å². The third-order valence-electron chi connectivity index (χ3n) is 6.85. The number of rotatable bonds is 13. The highest BCUT2D eigenvalue weighted by Crippen LogP contribution is 2.44. The number of alkyl halides is 1. The molecule has 236 valence electrons. The van der Waals surface area contributed by atoms with Crippen molar-refractivity contribution in [3.63, 3.8) is 0 Å². The number of hydrogen-bond donors (Lipinski definition) is 2. The largest absolute Gasteiger partial charge is 0.462 e. The zero-order valence-corrected chi connectivity index (χ0v) is 26.0. The fourth-order valence-corrected chi connectivity index (χ4v) is 5.70. The minimum atomic E-state index is -3.30. The maximum atomic E-state index is 16.1. The molecule has 0 aliphatic carbocycles. The van der Waals surface area contributed by atoms with Gasteiger partial charge >= 0.3 is 5.97 Å². The smallest absolute Gasteiger partial charge is 0.327 e. The number of aliphatic hydroxyl groups excluding tert-OH is 1. The highest BCUT2D eigenvalue weighted by atomic mass is 31.1. The van der Waals surface area contributed by atoms with Gasteiger partial charge in [-0.15, -0.1) is 0 Å². The summed E-state index contributed by atoms with van der Waals surface area (Å²) >= 11 is 0. The number of nitrogen functional groups attached to an aromatic ring is 1. The van der Waals surface area contributed by atoms with Crippen molar-refractivity contribution in [2.24, 2.45) is 0 Å². The Morgan fingerprint density at radius 1 is 1.28 bits per heavy atom. The number of halogens is 1. The summed E-state index contributed by atoms with van der Waals surface area (Å²) in [6.45, 7) is 8.22. The number of carbonyl (C=O) groups is 1. The van der Waals surface area contributed by atoms with Crippen molar-refractivity contribution in [3.8, 4) is 5.75 Å². The second-order valence-corrected chi connectivity index (χ2v) is 12.0. The van der Waals surface area contributed by atoms with E-state index in [0.717, 1.165) is 11.3 Å². The van der Waals surface area contributed by atoms with Crippen LogP contribution in [0.3, 0.4) is 0 Å². The van der Waals surface area contributed by atoms with Crippen LogP contribution in [0.15, 0.2) is 36.7 Å². The van der Waals surface area contributed by atoms with Gasteiger partial charge in [0, 0.05) is 13.6 Å². The summed E-state index contributed by atoms with van der Waals surface area (Å²) in [6.07, 6.45) is -2.53. The van der Waals surface area contributed by atoms with Crippen molar-refractivity contribution < 1.29 is 37.7 Å². The fourth-order valence-electron chi connectivity index (χ4n) is 4.66. The molecule has 3 heterocycles. The third kappa shape index (κ3) is 7.07. The molecule has 3 aromatic rings. The Kier molecular flexibility index (Phi) is 10.2. The summed E-state index contributed by atoms with van der Waals surface area (Å²) in [5, 5.41) is 10.9. The van der Waals surface area contributed by atoms with Crippen molar-refractivity contribution in [2.45, 2.75) is 77.3 Å². The number of nitrogens with zero attached hydrogens (tertiary/aromatic N) is 6. The van der Waals surface area contributed by atoms with E-state index in [0.29, 0.717) is 23.6 Å². The first-order valence-electron chi connectivity index (χ1n) is 14.0. The number of nitrogens with two attached hydrogens (primary N) is 1. The minimum Gasteiger partial charge on any atom is -0.462 e. The number of hydrogen-bond acceptors (Lipinski definition) is 12. The highest BCUT2D eigenvalue weighted by Gasteiger charge is 2.55. The Morgan fingerprint density at radius 2 is 1.98 bits per heavy atom. The van der Waals surface area contributed by atoms with Crippen LogP contribution in [0.2, 0.25) is 0 Å². The van der Waals surface area contributed by atoms with Gasteiger partial charge in [-0.25, -0.2) is 9.37 Å². The lowest BCUT2D eigenvalue weighted by atomic mass is 9.98. The summed E-state index contributed by atoms with van der Waals surface area (Å²) in [5.41, 5.74) is 4.25. The number of fused-ring (bicyclic) bond motifs is 1. The quantitative estimate of drug-likeness (QED) is 0.162. The number of para-hydroxylation sites is 1. The first-order valence-corrected chi connectivity index (χ1v) is 15.2.